The van der Waals surface area contributed by atoms with Crippen LogP contribution < -0.4 is 0 Å². The highest BCUT2D eigenvalue weighted by atomic mass is 32.2. The van der Waals surface area contributed by atoms with Crippen molar-refractivity contribution in [1.82, 2.24) is 4.90 Å². The van der Waals surface area contributed by atoms with Gasteiger partial charge in [0.25, 0.3) is 0 Å². The third-order valence-electron chi connectivity index (χ3n) is 2.12. The van der Waals surface area contributed by atoms with Crippen molar-refractivity contribution in [3.63, 3.8) is 0 Å². The number of hydrogen-bond donors (Lipinski definition) is 1. The molecule has 1 amide bonds. The van der Waals surface area contributed by atoms with Crippen LogP contribution in [0, 0.1) is 0 Å². The van der Waals surface area contributed by atoms with Crippen LogP contribution in [0.25, 0.3) is 0 Å². The van der Waals surface area contributed by atoms with E-state index in [9.17, 15) is 18.0 Å². The molecule has 0 aliphatic carbocycles. The molecule has 1 aliphatic rings. The van der Waals surface area contributed by atoms with Crippen LogP contribution in [0.2, 0.25) is 0 Å². The standard InChI is InChI=1S/C7H11NO5S/c1-5(9)8-2-3-14(12,13)4-6(8)7(10)11/h6H,2-4H2,1H3,(H,10,11). The van der Waals surface area contributed by atoms with Crippen molar-refractivity contribution in [3.8, 4) is 0 Å². The number of nitrogens with zero attached hydrogens (tertiary/aromatic N) is 1. The Balaban J connectivity index is 2.92. The first-order valence-electron chi connectivity index (χ1n) is 4.04. The van der Waals surface area contributed by atoms with Gasteiger partial charge in [-0.15, -0.1) is 0 Å². The third-order valence-corrected chi connectivity index (χ3v) is 3.75. The zero-order chi connectivity index (χ0) is 10.9. The maximum atomic E-state index is 11.1. The molecule has 0 aromatic carbocycles. The molecule has 1 aliphatic heterocycles. The van der Waals surface area contributed by atoms with E-state index in [0.717, 1.165) is 4.90 Å². The van der Waals surface area contributed by atoms with Gasteiger partial charge in [0, 0.05) is 13.5 Å². The highest BCUT2D eigenvalue weighted by Crippen LogP contribution is 2.12. The summed E-state index contributed by atoms with van der Waals surface area (Å²) in [7, 11) is -3.32. The number of amides is 1. The lowest BCUT2D eigenvalue weighted by atomic mass is 10.3. The molecule has 14 heavy (non-hydrogen) atoms. The average Bonchev–Trinajstić information content (AvgIpc) is 2.01. The van der Waals surface area contributed by atoms with Crippen LogP contribution in [0.1, 0.15) is 6.92 Å². The van der Waals surface area contributed by atoms with Crippen molar-refractivity contribution in [2.45, 2.75) is 13.0 Å². The fourth-order valence-corrected chi connectivity index (χ4v) is 2.83. The summed E-state index contributed by atoms with van der Waals surface area (Å²) in [6, 6.07) is -1.23. The van der Waals surface area contributed by atoms with E-state index in [1.807, 2.05) is 0 Å². The van der Waals surface area contributed by atoms with Gasteiger partial charge in [-0.1, -0.05) is 0 Å². The normalized spacial score (nSPS) is 25.8. The molecule has 80 valence electrons. The van der Waals surface area contributed by atoms with Gasteiger partial charge < -0.3 is 10.0 Å². The number of aliphatic carboxylic acids is 1. The van der Waals surface area contributed by atoms with Gasteiger partial charge in [0.05, 0.1) is 11.5 Å². The maximum Gasteiger partial charge on any atom is 0.327 e. The van der Waals surface area contributed by atoms with Gasteiger partial charge in [-0.25, -0.2) is 13.2 Å². The SMILES string of the molecule is CC(=O)N1CCS(=O)(=O)CC1C(=O)O. The molecular weight excluding hydrogens is 210 g/mol. The van der Waals surface area contributed by atoms with E-state index in [-0.39, 0.29) is 12.3 Å². The molecule has 1 heterocycles. The average molecular weight is 221 g/mol. The first kappa shape index (κ1) is 11.0. The van der Waals surface area contributed by atoms with E-state index in [0.29, 0.717) is 0 Å². The summed E-state index contributed by atoms with van der Waals surface area (Å²) in [6.45, 7) is 1.20. The van der Waals surface area contributed by atoms with Crippen molar-refractivity contribution >= 4 is 21.7 Å². The molecule has 1 unspecified atom stereocenters. The van der Waals surface area contributed by atoms with Gasteiger partial charge in [-0.05, 0) is 0 Å². The Morgan fingerprint density at radius 2 is 2.00 bits per heavy atom. The molecule has 1 saturated heterocycles. The number of sulfone groups is 1. The summed E-state index contributed by atoms with van der Waals surface area (Å²) in [6.07, 6.45) is 0. The second-order valence-corrected chi connectivity index (χ2v) is 5.41. The molecule has 0 saturated carbocycles. The molecule has 1 N–H and O–H groups in total. The number of carboxylic acid groups (broad SMARTS) is 1. The number of carbonyl (C=O) groups excluding carboxylic acids is 1. The van der Waals surface area contributed by atoms with E-state index >= 15 is 0 Å². The van der Waals surface area contributed by atoms with Crippen molar-refractivity contribution < 1.29 is 23.1 Å². The summed E-state index contributed by atoms with van der Waals surface area (Å²) >= 11 is 0. The highest BCUT2D eigenvalue weighted by Gasteiger charge is 2.37. The van der Waals surface area contributed by atoms with E-state index in [4.69, 9.17) is 5.11 Å². The van der Waals surface area contributed by atoms with Crippen LogP contribution >= 0.6 is 0 Å². The molecule has 0 aromatic rings. The Morgan fingerprint density at radius 1 is 1.43 bits per heavy atom. The highest BCUT2D eigenvalue weighted by molar-refractivity contribution is 7.91. The summed E-state index contributed by atoms with van der Waals surface area (Å²) in [5.41, 5.74) is 0. The van der Waals surface area contributed by atoms with Gasteiger partial charge in [-0.2, -0.15) is 0 Å². The van der Waals surface area contributed by atoms with Gasteiger partial charge in [0.15, 0.2) is 9.84 Å². The monoisotopic (exact) mass is 221 g/mol. The summed E-state index contributed by atoms with van der Waals surface area (Å²) in [5.74, 6) is -2.33. The Hall–Kier alpha value is -1.11. The van der Waals surface area contributed by atoms with Crippen LogP contribution in [0.15, 0.2) is 0 Å². The molecule has 1 rings (SSSR count). The van der Waals surface area contributed by atoms with E-state index in [2.05, 4.69) is 0 Å². The molecule has 0 aromatic heterocycles. The van der Waals surface area contributed by atoms with Gasteiger partial charge >= 0.3 is 5.97 Å². The second-order valence-electron chi connectivity index (χ2n) is 3.18. The minimum absolute atomic E-state index is 0.0331. The summed E-state index contributed by atoms with van der Waals surface area (Å²) in [4.78, 5) is 22.8. The van der Waals surface area contributed by atoms with E-state index < -0.39 is 33.5 Å². The predicted octanol–water partition coefficient (Wildman–Crippen LogP) is -1.28. The molecular formula is C7H11NO5S. The molecule has 0 radical (unpaired) electrons. The minimum atomic E-state index is -3.32. The summed E-state index contributed by atoms with van der Waals surface area (Å²) in [5, 5.41) is 8.73. The molecule has 0 spiro atoms. The topological polar surface area (TPSA) is 91.8 Å². The van der Waals surface area contributed by atoms with E-state index in [1.54, 1.807) is 0 Å². The van der Waals surface area contributed by atoms with Crippen LogP contribution in [0.3, 0.4) is 0 Å². The van der Waals surface area contributed by atoms with Crippen molar-refractivity contribution in [2.75, 3.05) is 18.1 Å². The second kappa shape index (κ2) is 3.56. The number of carbonyl (C=O) groups is 2. The molecule has 1 fully saturated rings. The molecule has 6 nitrogen and oxygen atoms in total. The quantitative estimate of drug-likeness (QED) is 0.595. The van der Waals surface area contributed by atoms with Crippen molar-refractivity contribution in [3.05, 3.63) is 0 Å². The van der Waals surface area contributed by atoms with Crippen LogP contribution in [-0.4, -0.2) is 54.4 Å². The van der Waals surface area contributed by atoms with Gasteiger partial charge in [0.2, 0.25) is 5.91 Å². The lowest BCUT2D eigenvalue weighted by Crippen LogP contribution is -2.54. The lowest BCUT2D eigenvalue weighted by molar-refractivity contribution is -0.148. The number of carboxylic acids is 1. The lowest BCUT2D eigenvalue weighted by Gasteiger charge is -2.31. The fraction of sp³-hybridized carbons (Fsp3) is 0.714. The van der Waals surface area contributed by atoms with Crippen LogP contribution in [-0.2, 0) is 19.4 Å². The fourth-order valence-electron chi connectivity index (χ4n) is 1.39. The van der Waals surface area contributed by atoms with Gasteiger partial charge in [-0.3, -0.25) is 4.79 Å². The minimum Gasteiger partial charge on any atom is -0.480 e. The maximum absolute atomic E-state index is 11.1. The number of rotatable bonds is 1. The van der Waals surface area contributed by atoms with Crippen molar-refractivity contribution in [1.29, 1.82) is 0 Å². The summed E-state index contributed by atoms with van der Waals surface area (Å²) < 4.78 is 22.3. The Bertz CT molecular complexity index is 360. The molecule has 0 bridgehead atoms. The van der Waals surface area contributed by atoms with E-state index in [1.165, 1.54) is 6.92 Å². The smallest absolute Gasteiger partial charge is 0.327 e. The third kappa shape index (κ3) is 2.22. The Morgan fingerprint density at radius 3 is 2.43 bits per heavy atom. The number of hydrogen-bond acceptors (Lipinski definition) is 4. The largest absolute Gasteiger partial charge is 0.480 e. The first-order chi connectivity index (χ1) is 6.33. The first-order valence-corrected chi connectivity index (χ1v) is 5.86. The predicted molar refractivity (Wildman–Crippen MR) is 47.5 cm³/mol. The Kier molecular flexibility index (Phi) is 2.79. The van der Waals surface area contributed by atoms with Crippen LogP contribution in [0.5, 0.6) is 0 Å². The van der Waals surface area contributed by atoms with Crippen LogP contribution in [0.4, 0.5) is 0 Å². The molecule has 1 atom stereocenters. The van der Waals surface area contributed by atoms with Crippen molar-refractivity contribution in [2.24, 2.45) is 0 Å². The molecule has 7 heteroatoms. The zero-order valence-corrected chi connectivity index (χ0v) is 8.45. The van der Waals surface area contributed by atoms with Gasteiger partial charge in [0.1, 0.15) is 6.04 Å². The zero-order valence-electron chi connectivity index (χ0n) is 7.63. The Labute approximate surface area is 81.4 Å².